The minimum absolute atomic E-state index is 0.186. The minimum Gasteiger partial charge on any atom is -0.490 e. The van der Waals surface area contributed by atoms with Crippen LogP contribution >= 0.6 is 11.3 Å². The van der Waals surface area contributed by atoms with Gasteiger partial charge < -0.3 is 9.64 Å². The number of likely N-dealkylation sites (tertiary alicyclic amines) is 1. The predicted octanol–water partition coefficient (Wildman–Crippen LogP) is 4.74. The molecule has 0 N–H and O–H groups in total. The molecule has 1 aliphatic rings. The second-order valence-electron chi connectivity index (χ2n) is 6.60. The zero-order valence-corrected chi connectivity index (χ0v) is 15.7. The fourth-order valence-electron chi connectivity index (χ4n) is 3.37. The van der Waals surface area contributed by atoms with Crippen LogP contribution in [0, 0.1) is 0 Å². The Labute approximate surface area is 157 Å². The number of carbonyl (C=O) groups is 1. The van der Waals surface area contributed by atoms with Gasteiger partial charge in [0.2, 0.25) is 5.91 Å². The molecule has 0 saturated carbocycles. The van der Waals surface area contributed by atoms with E-state index in [2.05, 4.69) is 28.6 Å². The van der Waals surface area contributed by atoms with E-state index in [1.54, 1.807) is 11.3 Å². The molecule has 0 bridgehead atoms. The first-order chi connectivity index (χ1) is 12.7. The average molecular weight is 366 g/mol. The smallest absolute Gasteiger partial charge is 0.222 e. The molecule has 4 nitrogen and oxygen atoms in total. The van der Waals surface area contributed by atoms with Crippen molar-refractivity contribution in [3.05, 3.63) is 48.0 Å². The summed E-state index contributed by atoms with van der Waals surface area (Å²) in [6.45, 7) is 3.50. The molecule has 3 aromatic rings. The van der Waals surface area contributed by atoms with Gasteiger partial charge in [0.25, 0.3) is 0 Å². The Morgan fingerprint density at radius 2 is 1.96 bits per heavy atom. The number of rotatable bonds is 4. The van der Waals surface area contributed by atoms with E-state index in [0.717, 1.165) is 48.3 Å². The quantitative estimate of drug-likeness (QED) is 0.669. The summed E-state index contributed by atoms with van der Waals surface area (Å²) in [5, 5.41) is 2.07. The summed E-state index contributed by atoms with van der Waals surface area (Å²) in [7, 11) is 0. The number of piperidine rings is 1. The minimum atomic E-state index is 0.186. The first-order valence-electron chi connectivity index (χ1n) is 9.11. The molecule has 1 amide bonds. The summed E-state index contributed by atoms with van der Waals surface area (Å²) < 4.78 is 7.32. The van der Waals surface area contributed by atoms with Crippen molar-refractivity contribution in [2.75, 3.05) is 13.1 Å². The van der Waals surface area contributed by atoms with Crippen molar-refractivity contribution in [1.29, 1.82) is 0 Å². The maximum absolute atomic E-state index is 11.7. The highest BCUT2D eigenvalue weighted by molar-refractivity contribution is 7.17. The van der Waals surface area contributed by atoms with Gasteiger partial charge in [-0.1, -0.05) is 19.1 Å². The Morgan fingerprint density at radius 1 is 1.19 bits per heavy atom. The SMILES string of the molecule is CCC(=O)N1CCC(Oc2ccc(-c3cnc4ccsc4c3)cc2)CC1. The highest BCUT2D eigenvalue weighted by atomic mass is 32.1. The van der Waals surface area contributed by atoms with Gasteiger partial charge in [0, 0.05) is 44.1 Å². The fraction of sp³-hybridized carbons (Fsp3) is 0.333. The van der Waals surface area contributed by atoms with Gasteiger partial charge in [0.05, 0.1) is 10.2 Å². The molecule has 0 atom stereocenters. The molecule has 4 rings (SSSR count). The molecule has 5 heteroatoms. The van der Waals surface area contributed by atoms with Crippen LogP contribution in [0.1, 0.15) is 26.2 Å². The van der Waals surface area contributed by atoms with Crippen LogP contribution in [0.5, 0.6) is 5.75 Å². The topological polar surface area (TPSA) is 42.4 Å². The van der Waals surface area contributed by atoms with Crippen molar-refractivity contribution in [1.82, 2.24) is 9.88 Å². The molecule has 1 saturated heterocycles. The fourth-order valence-corrected chi connectivity index (χ4v) is 4.15. The highest BCUT2D eigenvalue weighted by Crippen LogP contribution is 2.28. The number of hydrogen-bond donors (Lipinski definition) is 0. The maximum Gasteiger partial charge on any atom is 0.222 e. The predicted molar refractivity (Wildman–Crippen MR) is 106 cm³/mol. The summed E-state index contributed by atoms with van der Waals surface area (Å²) in [6.07, 6.45) is 4.48. The van der Waals surface area contributed by atoms with Crippen molar-refractivity contribution < 1.29 is 9.53 Å². The molecule has 1 aromatic carbocycles. The van der Waals surface area contributed by atoms with E-state index in [0.29, 0.717) is 6.42 Å². The number of aromatic nitrogens is 1. The monoisotopic (exact) mass is 366 g/mol. The summed E-state index contributed by atoms with van der Waals surface area (Å²) in [5.41, 5.74) is 3.31. The molecule has 0 spiro atoms. The number of hydrogen-bond acceptors (Lipinski definition) is 4. The van der Waals surface area contributed by atoms with Gasteiger partial charge in [-0.3, -0.25) is 9.78 Å². The number of carbonyl (C=O) groups excluding carboxylic acids is 1. The molecule has 0 aliphatic carbocycles. The van der Waals surface area contributed by atoms with E-state index in [1.807, 2.05) is 36.2 Å². The first-order valence-corrected chi connectivity index (χ1v) is 9.99. The van der Waals surface area contributed by atoms with Crippen molar-refractivity contribution in [3.8, 4) is 16.9 Å². The van der Waals surface area contributed by atoms with Crippen LogP contribution in [-0.2, 0) is 4.79 Å². The van der Waals surface area contributed by atoms with Crippen LogP contribution in [0.25, 0.3) is 21.3 Å². The maximum atomic E-state index is 11.7. The number of ether oxygens (including phenoxy) is 1. The van der Waals surface area contributed by atoms with E-state index in [-0.39, 0.29) is 12.0 Å². The zero-order valence-electron chi connectivity index (χ0n) is 14.9. The van der Waals surface area contributed by atoms with Gasteiger partial charge in [-0.25, -0.2) is 0 Å². The third kappa shape index (κ3) is 3.58. The number of thiophene rings is 1. The van der Waals surface area contributed by atoms with Gasteiger partial charge in [-0.15, -0.1) is 11.3 Å². The van der Waals surface area contributed by atoms with Crippen molar-refractivity contribution in [2.24, 2.45) is 0 Å². The molecule has 26 heavy (non-hydrogen) atoms. The third-order valence-corrected chi connectivity index (χ3v) is 5.74. The van der Waals surface area contributed by atoms with Crippen molar-refractivity contribution in [2.45, 2.75) is 32.3 Å². The highest BCUT2D eigenvalue weighted by Gasteiger charge is 2.22. The van der Waals surface area contributed by atoms with Crippen LogP contribution in [0.3, 0.4) is 0 Å². The molecule has 1 fully saturated rings. The Hall–Kier alpha value is -2.40. The number of amides is 1. The van der Waals surface area contributed by atoms with E-state index in [9.17, 15) is 4.79 Å². The van der Waals surface area contributed by atoms with E-state index in [4.69, 9.17) is 4.74 Å². The third-order valence-electron chi connectivity index (χ3n) is 4.89. The summed E-state index contributed by atoms with van der Waals surface area (Å²) in [5.74, 6) is 1.13. The molecule has 3 heterocycles. The van der Waals surface area contributed by atoms with Crippen LogP contribution in [0.15, 0.2) is 48.0 Å². The standard InChI is InChI=1S/C21H22N2O2S/c1-2-21(24)23-10-7-18(8-11-23)25-17-5-3-15(4-6-17)16-13-20-19(22-14-16)9-12-26-20/h3-6,9,12-14,18H,2,7-8,10-11H2,1H3. The second-order valence-corrected chi connectivity index (χ2v) is 7.55. The van der Waals surface area contributed by atoms with E-state index in [1.165, 1.54) is 4.70 Å². The molecule has 2 aromatic heterocycles. The van der Waals surface area contributed by atoms with E-state index < -0.39 is 0 Å². The Bertz CT molecular complexity index is 896. The van der Waals surface area contributed by atoms with Crippen LogP contribution < -0.4 is 4.74 Å². The summed E-state index contributed by atoms with van der Waals surface area (Å²) >= 11 is 1.71. The zero-order chi connectivity index (χ0) is 17.9. The molecular weight excluding hydrogens is 344 g/mol. The molecule has 0 radical (unpaired) electrons. The van der Waals surface area contributed by atoms with Crippen molar-refractivity contribution in [3.63, 3.8) is 0 Å². The lowest BCUT2D eigenvalue weighted by molar-refractivity contribution is -0.132. The average Bonchev–Trinajstić information content (AvgIpc) is 3.16. The lowest BCUT2D eigenvalue weighted by atomic mass is 10.1. The molecular formula is C21H22N2O2S. The Morgan fingerprint density at radius 3 is 2.69 bits per heavy atom. The first kappa shape index (κ1) is 17.0. The molecule has 0 unspecified atom stereocenters. The number of benzene rings is 1. The van der Waals surface area contributed by atoms with Gasteiger partial charge >= 0.3 is 0 Å². The van der Waals surface area contributed by atoms with Crippen LogP contribution in [0.4, 0.5) is 0 Å². The van der Waals surface area contributed by atoms with Gasteiger partial charge in [0.1, 0.15) is 11.9 Å². The van der Waals surface area contributed by atoms with Crippen LogP contribution in [0.2, 0.25) is 0 Å². The van der Waals surface area contributed by atoms with Gasteiger partial charge in [-0.2, -0.15) is 0 Å². The lowest BCUT2D eigenvalue weighted by Gasteiger charge is -2.32. The Balaban J connectivity index is 1.39. The Kier molecular flexibility index (Phi) is 4.89. The summed E-state index contributed by atoms with van der Waals surface area (Å²) in [6, 6.07) is 12.4. The number of fused-ring (bicyclic) bond motifs is 1. The van der Waals surface area contributed by atoms with Crippen LogP contribution in [-0.4, -0.2) is 35.0 Å². The normalized spacial score (nSPS) is 15.3. The second kappa shape index (κ2) is 7.46. The molecule has 1 aliphatic heterocycles. The van der Waals surface area contributed by atoms with E-state index >= 15 is 0 Å². The number of pyridine rings is 1. The largest absolute Gasteiger partial charge is 0.490 e. The lowest BCUT2D eigenvalue weighted by Crippen LogP contribution is -2.41. The van der Waals surface area contributed by atoms with Gasteiger partial charge in [0.15, 0.2) is 0 Å². The van der Waals surface area contributed by atoms with Crippen molar-refractivity contribution >= 4 is 27.5 Å². The molecule has 134 valence electrons. The summed E-state index contributed by atoms with van der Waals surface area (Å²) in [4.78, 5) is 18.2. The number of nitrogens with zero attached hydrogens (tertiary/aromatic N) is 2. The van der Waals surface area contributed by atoms with Gasteiger partial charge in [-0.05, 0) is 35.2 Å².